The Hall–Kier alpha value is -2.69. The summed E-state index contributed by atoms with van der Waals surface area (Å²) >= 11 is 0. The molecule has 1 saturated carbocycles. The van der Waals surface area contributed by atoms with E-state index in [-0.39, 0.29) is 11.9 Å². The highest BCUT2D eigenvalue weighted by molar-refractivity contribution is 5.73. The molecule has 0 heterocycles. The lowest BCUT2D eigenvalue weighted by molar-refractivity contribution is -0.119. The van der Waals surface area contributed by atoms with Gasteiger partial charge in [-0.3, -0.25) is 4.79 Å². The Morgan fingerprint density at radius 1 is 0.963 bits per heavy atom. The minimum atomic E-state index is -0.0580. The average molecular weight is 369 g/mol. The molecule has 0 unspecified atom stereocenters. The molecule has 1 amide bonds. The summed E-state index contributed by atoms with van der Waals surface area (Å²) in [6.45, 7) is 5.16. The quantitative estimate of drug-likeness (QED) is 0.689. The Morgan fingerprint density at radius 2 is 1.52 bits per heavy atom. The highest BCUT2D eigenvalue weighted by Crippen LogP contribution is 2.29. The van der Waals surface area contributed by atoms with Gasteiger partial charge >= 0.3 is 0 Å². The lowest BCUT2D eigenvalue weighted by atomic mass is 10.2. The number of ether oxygens (including phenoxy) is 3. The lowest BCUT2D eigenvalue weighted by Crippen LogP contribution is -2.35. The highest BCUT2D eigenvalue weighted by atomic mass is 16.5. The fourth-order valence-corrected chi connectivity index (χ4v) is 2.59. The fourth-order valence-electron chi connectivity index (χ4n) is 2.59. The van der Waals surface area contributed by atoms with Gasteiger partial charge in [0.15, 0.2) is 0 Å². The van der Waals surface area contributed by atoms with E-state index in [1.807, 2.05) is 55.5 Å². The zero-order valence-corrected chi connectivity index (χ0v) is 15.9. The summed E-state index contributed by atoms with van der Waals surface area (Å²) in [5.74, 6) is 3.15. The molecule has 5 heteroatoms. The molecule has 144 valence electrons. The van der Waals surface area contributed by atoms with Gasteiger partial charge in [-0.15, -0.1) is 0 Å². The van der Waals surface area contributed by atoms with Crippen molar-refractivity contribution in [2.24, 2.45) is 5.92 Å². The largest absolute Gasteiger partial charge is 0.493 e. The number of carbonyl (C=O) groups is 1. The molecule has 0 spiro atoms. The van der Waals surface area contributed by atoms with Crippen LogP contribution in [-0.4, -0.2) is 25.2 Å². The minimum absolute atomic E-state index is 0.0327. The monoisotopic (exact) mass is 369 g/mol. The molecule has 1 fully saturated rings. The third-order valence-electron chi connectivity index (χ3n) is 4.28. The van der Waals surface area contributed by atoms with Crippen molar-refractivity contribution in [3.8, 4) is 17.2 Å². The van der Waals surface area contributed by atoms with Crippen LogP contribution in [0.15, 0.2) is 48.5 Å². The van der Waals surface area contributed by atoms with Crippen LogP contribution in [0, 0.1) is 5.92 Å². The van der Waals surface area contributed by atoms with Crippen molar-refractivity contribution in [1.29, 1.82) is 0 Å². The van der Waals surface area contributed by atoms with E-state index >= 15 is 0 Å². The Kier molecular flexibility index (Phi) is 6.58. The van der Waals surface area contributed by atoms with E-state index in [1.54, 1.807) is 0 Å². The van der Waals surface area contributed by atoms with Crippen molar-refractivity contribution >= 4 is 5.91 Å². The van der Waals surface area contributed by atoms with Gasteiger partial charge in [0, 0.05) is 6.92 Å². The van der Waals surface area contributed by atoms with Crippen molar-refractivity contribution in [2.45, 2.75) is 39.3 Å². The van der Waals surface area contributed by atoms with Crippen molar-refractivity contribution in [3.05, 3.63) is 54.1 Å². The second-order valence-electron chi connectivity index (χ2n) is 7.07. The van der Waals surface area contributed by atoms with Crippen LogP contribution in [0.4, 0.5) is 0 Å². The van der Waals surface area contributed by atoms with Crippen molar-refractivity contribution in [1.82, 2.24) is 5.32 Å². The number of rotatable bonds is 10. The topological polar surface area (TPSA) is 56.8 Å². The minimum Gasteiger partial charge on any atom is -0.493 e. The van der Waals surface area contributed by atoms with Gasteiger partial charge in [-0.2, -0.15) is 0 Å². The van der Waals surface area contributed by atoms with E-state index in [4.69, 9.17) is 14.2 Å². The molecule has 27 heavy (non-hydrogen) atoms. The van der Waals surface area contributed by atoms with Crippen LogP contribution in [0.5, 0.6) is 17.2 Å². The zero-order valence-electron chi connectivity index (χ0n) is 15.9. The van der Waals surface area contributed by atoms with Crippen LogP contribution in [0.25, 0.3) is 0 Å². The Morgan fingerprint density at radius 3 is 2.11 bits per heavy atom. The molecule has 0 bridgehead atoms. The molecule has 2 aromatic rings. The van der Waals surface area contributed by atoms with Crippen LogP contribution >= 0.6 is 0 Å². The molecule has 1 aliphatic rings. The SMILES string of the molecule is CC(=O)N[C@@H](C)COc1ccc(OCc2ccc(OCC3CC3)cc2)cc1. The molecule has 1 atom stereocenters. The Labute approximate surface area is 160 Å². The molecule has 0 aliphatic heterocycles. The number of benzene rings is 2. The summed E-state index contributed by atoms with van der Waals surface area (Å²) in [5, 5.41) is 2.79. The van der Waals surface area contributed by atoms with Crippen LogP contribution in [-0.2, 0) is 11.4 Å². The second-order valence-corrected chi connectivity index (χ2v) is 7.07. The predicted octanol–water partition coefficient (Wildman–Crippen LogP) is 3.96. The standard InChI is InChI=1S/C22H27NO4/c1-16(23-17(2)24)13-25-21-9-11-22(12-10-21)27-15-19-5-7-20(8-6-19)26-14-18-3-4-18/h5-12,16,18H,3-4,13-15H2,1-2H3,(H,23,24)/t16-/m0/s1. The van der Waals surface area contributed by atoms with Gasteiger partial charge in [0.05, 0.1) is 12.6 Å². The first-order chi connectivity index (χ1) is 13.1. The molecule has 0 saturated heterocycles. The molecular weight excluding hydrogens is 342 g/mol. The van der Waals surface area contributed by atoms with Gasteiger partial charge in [-0.05, 0) is 67.6 Å². The van der Waals surface area contributed by atoms with E-state index in [2.05, 4.69) is 5.32 Å². The van der Waals surface area contributed by atoms with Gasteiger partial charge in [0.1, 0.15) is 30.5 Å². The molecule has 1 aliphatic carbocycles. The van der Waals surface area contributed by atoms with Crippen LogP contribution in [0.1, 0.15) is 32.3 Å². The van der Waals surface area contributed by atoms with E-state index in [1.165, 1.54) is 19.8 Å². The van der Waals surface area contributed by atoms with Crippen molar-refractivity contribution in [2.75, 3.05) is 13.2 Å². The van der Waals surface area contributed by atoms with Crippen LogP contribution in [0.3, 0.4) is 0 Å². The molecule has 0 radical (unpaired) electrons. The first-order valence-electron chi connectivity index (χ1n) is 9.43. The molecular formula is C22H27NO4. The number of carbonyl (C=O) groups excluding carboxylic acids is 1. The third kappa shape index (κ3) is 6.85. The average Bonchev–Trinajstić information content (AvgIpc) is 3.49. The predicted molar refractivity (Wildman–Crippen MR) is 104 cm³/mol. The maximum atomic E-state index is 11.0. The lowest BCUT2D eigenvalue weighted by Gasteiger charge is -2.14. The maximum absolute atomic E-state index is 11.0. The molecule has 2 aromatic carbocycles. The van der Waals surface area contributed by atoms with Gasteiger partial charge in [0.2, 0.25) is 5.91 Å². The number of nitrogens with one attached hydrogen (secondary N) is 1. The Bertz CT molecular complexity index is 723. The number of hydrogen-bond acceptors (Lipinski definition) is 4. The normalized spacial score (nSPS) is 14.3. The van der Waals surface area contributed by atoms with Gasteiger partial charge in [-0.1, -0.05) is 12.1 Å². The van der Waals surface area contributed by atoms with E-state index in [9.17, 15) is 4.79 Å². The van der Waals surface area contributed by atoms with E-state index in [0.29, 0.717) is 13.2 Å². The van der Waals surface area contributed by atoms with E-state index < -0.39 is 0 Å². The maximum Gasteiger partial charge on any atom is 0.217 e. The number of hydrogen-bond donors (Lipinski definition) is 1. The first-order valence-corrected chi connectivity index (χ1v) is 9.43. The third-order valence-corrected chi connectivity index (χ3v) is 4.28. The first kappa shape index (κ1) is 19.1. The van der Waals surface area contributed by atoms with Gasteiger partial charge < -0.3 is 19.5 Å². The summed E-state index contributed by atoms with van der Waals surface area (Å²) in [5.41, 5.74) is 1.10. The van der Waals surface area contributed by atoms with Gasteiger partial charge in [0.25, 0.3) is 0 Å². The summed E-state index contributed by atoms with van der Waals surface area (Å²) in [6, 6.07) is 15.5. The van der Waals surface area contributed by atoms with Crippen molar-refractivity contribution in [3.63, 3.8) is 0 Å². The van der Waals surface area contributed by atoms with Gasteiger partial charge in [-0.25, -0.2) is 0 Å². The highest BCUT2D eigenvalue weighted by Gasteiger charge is 2.21. The summed E-state index contributed by atoms with van der Waals surface area (Å²) in [7, 11) is 0. The molecule has 1 N–H and O–H groups in total. The van der Waals surface area contributed by atoms with Crippen molar-refractivity contribution < 1.29 is 19.0 Å². The molecule has 3 rings (SSSR count). The van der Waals surface area contributed by atoms with E-state index in [0.717, 1.165) is 35.3 Å². The summed E-state index contributed by atoms with van der Waals surface area (Å²) in [6.07, 6.45) is 2.59. The molecule has 0 aromatic heterocycles. The van der Waals surface area contributed by atoms with Crippen LogP contribution < -0.4 is 19.5 Å². The number of amides is 1. The zero-order chi connectivity index (χ0) is 19.1. The Balaban J connectivity index is 1.40. The molecule has 5 nitrogen and oxygen atoms in total. The summed E-state index contributed by atoms with van der Waals surface area (Å²) < 4.78 is 17.2. The summed E-state index contributed by atoms with van der Waals surface area (Å²) in [4.78, 5) is 11.0. The fraction of sp³-hybridized carbons (Fsp3) is 0.409. The smallest absolute Gasteiger partial charge is 0.217 e. The van der Waals surface area contributed by atoms with Crippen LogP contribution in [0.2, 0.25) is 0 Å². The second kappa shape index (κ2) is 9.31.